The molecule has 0 bridgehead atoms. The molecule has 1 saturated carbocycles. The number of aromatic nitrogens is 2. The van der Waals surface area contributed by atoms with E-state index in [0.717, 1.165) is 25.0 Å². The fourth-order valence-electron chi connectivity index (χ4n) is 2.18. The third-order valence-corrected chi connectivity index (χ3v) is 3.43. The van der Waals surface area contributed by atoms with Gasteiger partial charge in [-0.3, -0.25) is 4.68 Å². The first kappa shape index (κ1) is 14.4. The molecule has 0 saturated heterocycles. The summed E-state index contributed by atoms with van der Waals surface area (Å²) < 4.78 is 46.3. The van der Waals surface area contributed by atoms with Gasteiger partial charge in [0.05, 0.1) is 23.9 Å². The number of hydrogen-bond acceptors (Lipinski definition) is 2. The van der Waals surface area contributed by atoms with Gasteiger partial charge in [0.1, 0.15) is 5.75 Å². The maximum absolute atomic E-state index is 13.1. The highest BCUT2D eigenvalue weighted by Crippen LogP contribution is 2.45. The standard InChI is InChI=1S/C15H12F3N3O/c1-19-14-11(12-5-6-20-21(12)2)7-9(15(16,17)18)8-13(14)22-10-3-4-10/h5-8,10H,3-4H2,2H3. The van der Waals surface area contributed by atoms with Gasteiger partial charge in [0.2, 0.25) is 5.69 Å². The van der Waals surface area contributed by atoms with Crippen LogP contribution in [0, 0.1) is 6.57 Å². The molecule has 3 rings (SSSR count). The van der Waals surface area contributed by atoms with E-state index in [1.54, 1.807) is 13.1 Å². The number of hydrogen-bond donors (Lipinski definition) is 0. The van der Waals surface area contributed by atoms with E-state index in [1.807, 2.05) is 0 Å². The zero-order valence-electron chi connectivity index (χ0n) is 11.7. The summed E-state index contributed by atoms with van der Waals surface area (Å²) in [6.07, 6.45) is -1.52. The van der Waals surface area contributed by atoms with Gasteiger partial charge in [-0.25, -0.2) is 4.85 Å². The molecule has 0 amide bonds. The van der Waals surface area contributed by atoms with Crippen LogP contribution >= 0.6 is 0 Å². The summed E-state index contributed by atoms with van der Waals surface area (Å²) in [7, 11) is 1.62. The third-order valence-electron chi connectivity index (χ3n) is 3.43. The van der Waals surface area contributed by atoms with Gasteiger partial charge >= 0.3 is 6.18 Å². The van der Waals surface area contributed by atoms with E-state index in [0.29, 0.717) is 5.69 Å². The molecule has 0 unspecified atom stereocenters. The second-order valence-electron chi connectivity index (χ2n) is 5.14. The molecule has 114 valence electrons. The average Bonchev–Trinajstić information content (AvgIpc) is 3.16. The second kappa shape index (κ2) is 5.05. The second-order valence-corrected chi connectivity index (χ2v) is 5.14. The fraction of sp³-hybridized carbons (Fsp3) is 0.333. The summed E-state index contributed by atoms with van der Waals surface area (Å²) in [5.41, 5.74) is -0.117. The van der Waals surface area contributed by atoms with Gasteiger partial charge < -0.3 is 4.74 Å². The van der Waals surface area contributed by atoms with Crippen LogP contribution in [0.3, 0.4) is 0 Å². The minimum absolute atomic E-state index is 0.0106. The Morgan fingerprint density at radius 1 is 1.36 bits per heavy atom. The van der Waals surface area contributed by atoms with Gasteiger partial charge in [0.25, 0.3) is 0 Å². The molecular formula is C15H12F3N3O. The van der Waals surface area contributed by atoms with Crippen molar-refractivity contribution < 1.29 is 17.9 Å². The van der Waals surface area contributed by atoms with Crippen LogP contribution in [0.5, 0.6) is 5.75 Å². The number of rotatable bonds is 3. The van der Waals surface area contributed by atoms with Crippen molar-refractivity contribution >= 4 is 5.69 Å². The first-order chi connectivity index (χ1) is 10.4. The SMILES string of the molecule is [C-]#[N+]c1c(OC2CC2)cc(C(F)(F)F)cc1-c1ccnn1C. The molecule has 0 N–H and O–H groups in total. The van der Waals surface area contributed by atoms with E-state index in [-0.39, 0.29) is 23.1 Å². The van der Waals surface area contributed by atoms with Gasteiger partial charge in [-0.05, 0) is 25.0 Å². The van der Waals surface area contributed by atoms with Crippen LogP contribution < -0.4 is 4.74 Å². The van der Waals surface area contributed by atoms with Gasteiger partial charge in [-0.2, -0.15) is 18.3 Å². The topological polar surface area (TPSA) is 31.4 Å². The molecule has 1 aromatic carbocycles. The number of halogens is 3. The number of benzene rings is 1. The lowest BCUT2D eigenvalue weighted by molar-refractivity contribution is -0.137. The Hall–Kier alpha value is -2.49. The summed E-state index contributed by atoms with van der Waals surface area (Å²) in [5, 5.41) is 3.95. The van der Waals surface area contributed by atoms with Crippen molar-refractivity contribution in [1.29, 1.82) is 0 Å². The Kier molecular flexibility index (Phi) is 3.32. The monoisotopic (exact) mass is 307 g/mol. The summed E-state index contributed by atoms with van der Waals surface area (Å²) in [5.74, 6) is -0.0106. The number of aryl methyl sites for hydroxylation is 1. The molecule has 0 atom stereocenters. The van der Waals surface area contributed by atoms with E-state index in [2.05, 4.69) is 9.94 Å². The van der Waals surface area contributed by atoms with Crippen molar-refractivity contribution in [2.75, 3.05) is 0 Å². The third kappa shape index (κ3) is 2.64. The van der Waals surface area contributed by atoms with Crippen molar-refractivity contribution in [1.82, 2.24) is 9.78 Å². The first-order valence-corrected chi connectivity index (χ1v) is 6.68. The van der Waals surface area contributed by atoms with Crippen molar-refractivity contribution in [3.05, 3.63) is 41.4 Å². The van der Waals surface area contributed by atoms with Crippen LogP contribution in [0.15, 0.2) is 24.4 Å². The van der Waals surface area contributed by atoms with Crippen LogP contribution in [0.1, 0.15) is 18.4 Å². The van der Waals surface area contributed by atoms with Gasteiger partial charge in [-0.15, -0.1) is 0 Å². The van der Waals surface area contributed by atoms with Gasteiger partial charge in [0, 0.05) is 18.8 Å². The smallest absolute Gasteiger partial charge is 0.416 e. The minimum atomic E-state index is -4.50. The highest BCUT2D eigenvalue weighted by molar-refractivity contribution is 5.82. The molecule has 1 fully saturated rings. The van der Waals surface area contributed by atoms with E-state index < -0.39 is 11.7 Å². The van der Waals surface area contributed by atoms with E-state index in [4.69, 9.17) is 11.3 Å². The predicted octanol–water partition coefficient (Wildman–Crippen LogP) is 4.20. The molecule has 22 heavy (non-hydrogen) atoms. The zero-order valence-corrected chi connectivity index (χ0v) is 11.7. The molecule has 1 aliphatic carbocycles. The lowest BCUT2D eigenvalue weighted by Gasteiger charge is -2.15. The molecule has 1 aromatic heterocycles. The molecule has 1 heterocycles. The average molecular weight is 307 g/mol. The summed E-state index contributed by atoms with van der Waals surface area (Å²) in [6, 6.07) is 3.46. The molecule has 0 aliphatic heterocycles. The summed E-state index contributed by atoms with van der Waals surface area (Å²) >= 11 is 0. The normalized spacial score (nSPS) is 14.7. The van der Waals surface area contributed by atoms with Crippen LogP contribution in [0.25, 0.3) is 16.1 Å². The van der Waals surface area contributed by atoms with E-state index in [1.165, 1.54) is 10.9 Å². The van der Waals surface area contributed by atoms with Gasteiger partial charge in [0.15, 0.2) is 0 Å². The molecule has 4 nitrogen and oxygen atoms in total. The lowest BCUT2D eigenvalue weighted by atomic mass is 10.0. The molecular weight excluding hydrogens is 295 g/mol. The first-order valence-electron chi connectivity index (χ1n) is 6.68. The molecule has 1 aliphatic rings. The predicted molar refractivity (Wildman–Crippen MR) is 73.6 cm³/mol. The van der Waals surface area contributed by atoms with Crippen LogP contribution in [0.2, 0.25) is 0 Å². The number of ether oxygens (including phenoxy) is 1. The minimum Gasteiger partial charge on any atom is -0.501 e. The Bertz CT molecular complexity index is 754. The van der Waals surface area contributed by atoms with E-state index >= 15 is 0 Å². The summed E-state index contributed by atoms with van der Waals surface area (Å²) in [4.78, 5) is 3.39. The summed E-state index contributed by atoms with van der Waals surface area (Å²) in [6.45, 7) is 7.32. The van der Waals surface area contributed by atoms with Crippen molar-refractivity contribution in [2.45, 2.75) is 25.1 Å². The quantitative estimate of drug-likeness (QED) is 0.796. The Morgan fingerprint density at radius 3 is 2.59 bits per heavy atom. The Balaban J connectivity index is 2.21. The molecule has 0 spiro atoms. The maximum atomic E-state index is 13.1. The molecule has 2 aromatic rings. The van der Waals surface area contributed by atoms with Crippen LogP contribution in [-0.2, 0) is 13.2 Å². The number of nitrogens with zero attached hydrogens (tertiary/aromatic N) is 3. The number of alkyl halides is 3. The highest BCUT2D eigenvalue weighted by Gasteiger charge is 2.34. The van der Waals surface area contributed by atoms with Crippen molar-refractivity contribution in [3.63, 3.8) is 0 Å². The Labute approximate surface area is 124 Å². The van der Waals surface area contributed by atoms with Crippen molar-refractivity contribution in [2.24, 2.45) is 7.05 Å². The van der Waals surface area contributed by atoms with Crippen LogP contribution in [0.4, 0.5) is 18.9 Å². The van der Waals surface area contributed by atoms with Crippen molar-refractivity contribution in [3.8, 4) is 17.0 Å². The fourth-order valence-corrected chi connectivity index (χ4v) is 2.18. The van der Waals surface area contributed by atoms with Crippen LogP contribution in [-0.4, -0.2) is 15.9 Å². The lowest BCUT2D eigenvalue weighted by Crippen LogP contribution is -2.07. The maximum Gasteiger partial charge on any atom is 0.416 e. The zero-order chi connectivity index (χ0) is 15.9. The van der Waals surface area contributed by atoms with Gasteiger partial charge in [-0.1, -0.05) is 6.07 Å². The Morgan fingerprint density at radius 2 is 2.09 bits per heavy atom. The highest BCUT2D eigenvalue weighted by atomic mass is 19.4. The molecule has 0 radical (unpaired) electrons. The largest absolute Gasteiger partial charge is 0.501 e. The van der Waals surface area contributed by atoms with E-state index in [9.17, 15) is 13.2 Å². The molecule has 7 heteroatoms.